The van der Waals surface area contributed by atoms with E-state index >= 15 is 0 Å². The van der Waals surface area contributed by atoms with Gasteiger partial charge in [0, 0.05) is 11.6 Å². The van der Waals surface area contributed by atoms with Crippen molar-refractivity contribution in [3.63, 3.8) is 0 Å². The summed E-state index contributed by atoms with van der Waals surface area (Å²) in [5.74, 6) is 0. The summed E-state index contributed by atoms with van der Waals surface area (Å²) >= 11 is 0. The third-order valence-corrected chi connectivity index (χ3v) is 3.68. The van der Waals surface area contributed by atoms with E-state index in [9.17, 15) is 0 Å². The largest absolute Gasteiger partial charge is 1.00 e. The number of halogens is 1. The van der Waals surface area contributed by atoms with Gasteiger partial charge in [-0.1, -0.05) is 24.3 Å². The topological polar surface area (TPSA) is 3.01 Å². The summed E-state index contributed by atoms with van der Waals surface area (Å²) in [6.07, 6.45) is 2.35. The van der Waals surface area contributed by atoms with Crippen molar-refractivity contribution in [3.8, 4) is 0 Å². The second-order valence-corrected chi connectivity index (χ2v) is 5.32. The molecule has 0 saturated carbocycles. The summed E-state index contributed by atoms with van der Waals surface area (Å²) in [5.41, 5.74) is 2.97. The standard InChI is InChI=1S/C16H18N.ClH/c1-4-17-11-16(2,3)15-13-8-6-5-7-12(13)9-10-14(15)17;/h5-11H,4H2,1-3H3;1H/q+1;/p-1. The van der Waals surface area contributed by atoms with Crippen molar-refractivity contribution in [2.24, 2.45) is 0 Å². The molecule has 1 heterocycles. The second kappa shape index (κ2) is 4.40. The zero-order valence-electron chi connectivity index (χ0n) is 11.1. The van der Waals surface area contributed by atoms with Crippen LogP contribution in [0.25, 0.3) is 10.8 Å². The normalized spacial score (nSPS) is 16.1. The highest BCUT2D eigenvalue weighted by atomic mass is 35.5. The molecule has 1 nitrogen and oxygen atoms in total. The van der Waals surface area contributed by atoms with Crippen molar-refractivity contribution in [2.75, 3.05) is 6.54 Å². The molecule has 0 aromatic heterocycles. The highest BCUT2D eigenvalue weighted by molar-refractivity contribution is 5.95. The zero-order valence-corrected chi connectivity index (χ0v) is 11.8. The lowest BCUT2D eigenvalue weighted by Gasteiger charge is -2.13. The molecular formula is C16H18ClN. The number of rotatable bonds is 1. The van der Waals surface area contributed by atoms with Gasteiger partial charge in [-0.05, 0) is 37.6 Å². The molecule has 0 radical (unpaired) electrons. The van der Waals surface area contributed by atoms with Crippen molar-refractivity contribution < 1.29 is 17.0 Å². The van der Waals surface area contributed by atoms with Gasteiger partial charge in [0.1, 0.15) is 6.54 Å². The van der Waals surface area contributed by atoms with Gasteiger partial charge in [-0.25, -0.2) is 4.58 Å². The van der Waals surface area contributed by atoms with Crippen LogP contribution in [-0.2, 0) is 5.41 Å². The molecule has 0 unspecified atom stereocenters. The van der Waals surface area contributed by atoms with E-state index < -0.39 is 0 Å². The van der Waals surface area contributed by atoms with Gasteiger partial charge in [0.15, 0.2) is 6.21 Å². The predicted molar refractivity (Wildman–Crippen MR) is 73.5 cm³/mol. The lowest BCUT2D eigenvalue weighted by Crippen LogP contribution is -3.00. The molecule has 0 aliphatic carbocycles. The van der Waals surface area contributed by atoms with Crippen LogP contribution in [0.3, 0.4) is 0 Å². The van der Waals surface area contributed by atoms with E-state index in [0.717, 1.165) is 6.54 Å². The van der Waals surface area contributed by atoms with E-state index in [1.165, 1.54) is 22.0 Å². The Bertz CT molecular complexity index is 626. The van der Waals surface area contributed by atoms with Gasteiger partial charge in [0.2, 0.25) is 5.69 Å². The summed E-state index contributed by atoms with van der Waals surface area (Å²) < 4.78 is 2.36. The van der Waals surface area contributed by atoms with Crippen molar-refractivity contribution >= 4 is 22.7 Å². The van der Waals surface area contributed by atoms with E-state index in [-0.39, 0.29) is 17.8 Å². The molecule has 0 N–H and O–H groups in total. The zero-order chi connectivity index (χ0) is 12.0. The average Bonchev–Trinajstić information content (AvgIpc) is 2.61. The first-order chi connectivity index (χ1) is 8.13. The summed E-state index contributed by atoms with van der Waals surface area (Å²) in [6, 6.07) is 13.2. The van der Waals surface area contributed by atoms with Gasteiger partial charge in [-0.2, -0.15) is 0 Å². The fourth-order valence-corrected chi connectivity index (χ4v) is 2.96. The summed E-state index contributed by atoms with van der Waals surface area (Å²) in [7, 11) is 0. The molecule has 0 bridgehead atoms. The second-order valence-electron chi connectivity index (χ2n) is 5.32. The van der Waals surface area contributed by atoms with Crippen molar-refractivity contribution in [3.05, 3.63) is 42.0 Å². The molecule has 0 atom stereocenters. The van der Waals surface area contributed by atoms with Crippen LogP contribution in [0.4, 0.5) is 5.69 Å². The highest BCUT2D eigenvalue weighted by Gasteiger charge is 2.37. The predicted octanol–water partition coefficient (Wildman–Crippen LogP) is 0.870. The first kappa shape index (κ1) is 13.1. The number of benzene rings is 2. The first-order valence-electron chi connectivity index (χ1n) is 6.28. The third kappa shape index (κ3) is 1.74. The van der Waals surface area contributed by atoms with Crippen LogP contribution >= 0.6 is 0 Å². The van der Waals surface area contributed by atoms with Gasteiger partial charge in [0.25, 0.3) is 0 Å². The van der Waals surface area contributed by atoms with Crippen LogP contribution in [0, 0.1) is 0 Å². The molecule has 0 amide bonds. The Balaban J connectivity index is 0.00000120. The van der Waals surface area contributed by atoms with E-state index in [2.05, 4.69) is 68.0 Å². The van der Waals surface area contributed by atoms with Crippen LogP contribution < -0.4 is 12.4 Å². The number of fused-ring (bicyclic) bond motifs is 3. The Morgan fingerprint density at radius 1 is 1.06 bits per heavy atom. The van der Waals surface area contributed by atoms with Crippen LogP contribution in [0.1, 0.15) is 26.3 Å². The minimum atomic E-state index is 0. The molecule has 2 aromatic carbocycles. The Morgan fingerprint density at radius 2 is 1.78 bits per heavy atom. The van der Waals surface area contributed by atoms with Gasteiger partial charge in [-0.3, -0.25) is 0 Å². The lowest BCUT2D eigenvalue weighted by atomic mass is 9.84. The average molecular weight is 260 g/mol. The van der Waals surface area contributed by atoms with Crippen molar-refractivity contribution in [1.29, 1.82) is 0 Å². The molecule has 94 valence electrons. The Kier molecular flexibility index (Phi) is 3.20. The number of nitrogens with zero attached hydrogens (tertiary/aromatic N) is 1. The monoisotopic (exact) mass is 259 g/mol. The van der Waals surface area contributed by atoms with Crippen LogP contribution in [0.5, 0.6) is 0 Å². The van der Waals surface area contributed by atoms with Crippen LogP contribution in [-0.4, -0.2) is 17.3 Å². The lowest BCUT2D eigenvalue weighted by molar-refractivity contribution is -0.428. The van der Waals surface area contributed by atoms with Gasteiger partial charge in [-0.15, -0.1) is 0 Å². The van der Waals surface area contributed by atoms with E-state index in [1.54, 1.807) is 0 Å². The molecule has 0 fully saturated rings. The van der Waals surface area contributed by atoms with Crippen molar-refractivity contribution in [1.82, 2.24) is 0 Å². The summed E-state index contributed by atoms with van der Waals surface area (Å²) in [4.78, 5) is 0. The maximum Gasteiger partial charge on any atom is 0.209 e. The van der Waals surface area contributed by atoms with E-state index in [1.807, 2.05) is 0 Å². The highest BCUT2D eigenvalue weighted by Crippen LogP contribution is 2.40. The molecule has 2 aromatic rings. The molecular weight excluding hydrogens is 242 g/mol. The van der Waals surface area contributed by atoms with Crippen LogP contribution in [0.15, 0.2) is 36.4 Å². The fourth-order valence-electron chi connectivity index (χ4n) is 2.96. The van der Waals surface area contributed by atoms with Crippen molar-refractivity contribution in [2.45, 2.75) is 26.2 Å². The van der Waals surface area contributed by atoms with E-state index in [4.69, 9.17) is 0 Å². The Labute approximate surface area is 115 Å². The molecule has 1 aliphatic heterocycles. The minimum Gasteiger partial charge on any atom is -1.00 e. The third-order valence-electron chi connectivity index (χ3n) is 3.68. The Morgan fingerprint density at radius 3 is 2.50 bits per heavy atom. The SMILES string of the molecule is CC[N+]1=CC(C)(C)c2c1ccc1ccccc21.[Cl-]. The maximum absolute atomic E-state index is 2.36. The molecule has 18 heavy (non-hydrogen) atoms. The molecule has 0 saturated heterocycles. The van der Waals surface area contributed by atoms with Gasteiger partial charge in [0.05, 0.1) is 5.41 Å². The molecule has 2 heteroatoms. The van der Waals surface area contributed by atoms with Crippen LogP contribution in [0.2, 0.25) is 0 Å². The number of hydrogen-bond donors (Lipinski definition) is 0. The molecule has 0 spiro atoms. The maximum atomic E-state index is 2.36. The fraction of sp³-hybridized carbons (Fsp3) is 0.312. The molecule has 3 rings (SSSR count). The Hall–Kier alpha value is -1.34. The van der Waals surface area contributed by atoms with Gasteiger partial charge < -0.3 is 12.4 Å². The summed E-state index contributed by atoms with van der Waals surface area (Å²) in [6.45, 7) is 7.84. The molecule has 1 aliphatic rings. The minimum absolute atomic E-state index is 0. The van der Waals surface area contributed by atoms with E-state index in [0.29, 0.717) is 0 Å². The smallest absolute Gasteiger partial charge is 0.209 e. The quantitative estimate of drug-likeness (QED) is 0.669. The number of hydrogen-bond acceptors (Lipinski definition) is 0. The summed E-state index contributed by atoms with van der Waals surface area (Å²) in [5, 5.41) is 2.73. The first-order valence-corrected chi connectivity index (χ1v) is 6.28. The van der Waals surface area contributed by atoms with Gasteiger partial charge >= 0.3 is 0 Å².